The van der Waals surface area contributed by atoms with Crippen molar-refractivity contribution in [1.82, 2.24) is 9.91 Å². The third kappa shape index (κ3) is 3.91. The van der Waals surface area contributed by atoms with Gasteiger partial charge in [0.05, 0.1) is 5.69 Å². The molecule has 1 aliphatic rings. The monoisotopic (exact) mass is 324 g/mol. The van der Waals surface area contributed by atoms with Gasteiger partial charge in [0.25, 0.3) is 0 Å². The minimum absolute atomic E-state index is 0. The molecule has 1 atom stereocenters. The van der Waals surface area contributed by atoms with Crippen molar-refractivity contribution in [3.05, 3.63) is 30.3 Å². The summed E-state index contributed by atoms with van der Waals surface area (Å²) in [6.07, 6.45) is 3.68. The zero-order valence-corrected chi connectivity index (χ0v) is 14.3. The van der Waals surface area contributed by atoms with Gasteiger partial charge in [0, 0.05) is 13.1 Å². The molecule has 0 aromatic heterocycles. The fourth-order valence-corrected chi connectivity index (χ4v) is 2.54. The van der Waals surface area contributed by atoms with E-state index >= 15 is 0 Å². The summed E-state index contributed by atoms with van der Waals surface area (Å²) < 4.78 is 0. The van der Waals surface area contributed by atoms with Gasteiger partial charge in [-0.15, -0.1) is 12.4 Å². The van der Waals surface area contributed by atoms with Crippen LogP contribution in [0, 0.1) is 0 Å². The van der Waals surface area contributed by atoms with E-state index in [4.69, 9.17) is 0 Å². The van der Waals surface area contributed by atoms with Gasteiger partial charge in [-0.1, -0.05) is 31.5 Å². The van der Waals surface area contributed by atoms with Crippen LogP contribution in [0.5, 0.6) is 0 Å². The Labute approximate surface area is 139 Å². The molecule has 0 radical (unpaired) electrons. The number of amides is 2. The minimum atomic E-state index is -0.142. The largest absolute Gasteiger partial charge is 0.346 e. The summed E-state index contributed by atoms with van der Waals surface area (Å²) in [5.41, 5.74) is 1.10. The van der Waals surface area contributed by atoms with Gasteiger partial charge in [-0.25, -0.2) is 4.79 Å². The van der Waals surface area contributed by atoms with Crippen LogP contribution < -0.4 is 5.01 Å². The van der Waals surface area contributed by atoms with E-state index in [1.54, 1.807) is 6.34 Å². The number of hydrogen-bond acceptors (Lipinski definition) is 3. The fraction of sp³-hybridized carbons (Fsp3) is 0.500. The summed E-state index contributed by atoms with van der Waals surface area (Å²) in [5, 5.41) is 4.17. The highest BCUT2D eigenvalue weighted by molar-refractivity contribution is 5.86. The molecule has 1 aliphatic heterocycles. The number of unbranched alkanes of at least 4 members (excludes halogenated alkanes) is 1. The zero-order valence-electron chi connectivity index (χ0n) is 13.5. The summed E-state index contributed by atoms with van der Waals surface area (Å²) in [6.45, 7) is 7.83. The van der Waals surface area contributed by atoms with Crippen molar-refractivity contribution in [1.29, 1.82) is 0 Å². The lowest BCUT2D eigenvalue weighted by molar-refractivity contribution is 0.114. The Morgan fingerprint density at radius 2 is 1.91 bits per heavy atom. The first-order valence-corrected chi connectivity index (χ1v) is 7.64. The average molecular weight is 325 g/mol. The van der Waals surface area contributed by atoms with Crippen LogP contribution in [-0.2, 0) is 0 Å². The lowest BCUT2D eigenvalue weighted by Crippen LogP contribution is -2.58. The highest BCUT2D eigenvalue weighted by Crippen LogP contribution is 2.21. The Morgan fingerprint density at radius 1 is 1.23 bits per heavy atom. The first kappa shape index (κ1) is 18.3. The molecule has 6 heteroatoms. The maximum absolute atomic E-state index is 12.0. The first-order valence-electron chi connectivity index (χ1n) is 7.64. The number of aliphatic imine (C=N–C) groups is 1. The van der Waals surface area contributed by atoms with Crippen LogP contribution in [0.4, 0.5) is 10.5 Å². The van der Waals surface area contributed by atoms with Crippen molar-refractivity contribution in [3.63, 3.8) is 0 Å². The predicted molar refractivity (Wildman–Crippen MR) is 93.5 cm³/mol. The lowest BCUT2D eigenvalue weighted by atomic mass is 10.3. The molecular formula is C16H25ClN4O. The van der Waals surface area contributed by atoms with Gasteiger partial charge in [-0.05, 0) is 32.4 Å². The number of hydrogen-bond donors (Lipinski definition) is 0. The van der Waals surface area contributed by atoms with Crippen molar-refractivity contribution in [2.75, 3.05) is 18.1 Å². The van der Waals surface area contributed by atoms with Crippen LogP contribution in [-0.4, -0.2) is 41.5 Å². The third-order valence-corrected chi connectivity index (χ3v) is 3.75. The number of halogens is 1. The number of para-hydroxylation sites is 1. The molecule has 0 fully saturated rings. The molecule has 0 aliphatic carbocycles. The van der Waals surface area contributed by atoms with Gasteiger partial charge in [0.15, 0.2) is 0 Å². The van der Waals surface area contributed by atoms with Gasteiger partial charge >= 0.3 is 6.03 Å². The highest BCUT2D eigenvalue weighted by Gasteiger charge is 2.30. The molecule has 122 valence electrons. The van der Waals surface area contributed by atoms with Crippen LogP contribution >= 0.6 is 12.4 Å². The minimum Gasteiger partial charge on any atom is -0.301 e. The molecule has 0 bridgehead atoms. The van der Waals surface area contributed by atoms with E-state index in [0.29, 0.717) is 0 Å². The topological polar surface area (TPSA) is 39.2 Å². The first-order chi connectivity index (χ1) is 10.2. The number of hydrazine groups is 1. The molecule has 1 heterocycles. The van der Waals surface area contributed by atoms with E-state index in [1.165, 1.54) is 0 Å². The van der Waals surface area contributed by atoms with Crippen molar-refractivity contribution < 1.29 is 4.79 Å². The average Bonchev–Trinajstić information content (AvgIpc) is 2.51. The Balaban J connectivity index is 0.00000242. The molecular weight excluding hydrogens is 300 g/mol. The van der Waals surface area contributed by atoms with E-state index in [-0.39, 0.29) is 24.6 Å². The summed E-state index contributed by atoms with van der Waals surface area (Å²) >= 11 is 0. The second-order valence-corrected chi connectivity index (χ2v) is 5.14. The zero-order chi connectivity index (χ0) is 15.2. The predicted octanol–water partition coefficient (Wildman–Crippen LogP) is 3.76. The van der Waals surface area contributed by atoms with Crippen molar-refractivity contribution in [2.45, 2.75) is 39.8 Å². The number of carbonyl (C=O) groups excluding carboxylic acids is 1. The van der Waals surface area contributed by atoms with E-state index in [9.17, 15) is 4.79 Å². The van der Waals surface area contributed by atoms with Gasteiger partial charge < -0.3 is 4.90 Å². The van der Waals surface area contributed by atoms with Crippen LogP contribution in [0.1, 0.15) is 33.6 Å². The Hall–Kier alpha value is -1.75. The van der Waals surface area contributed by atoms with E-state index < -0.39 is 0 Å². The lowest BCUT2D eigenvalue weighted by Gasteiger charge is -2.44. The molecule has 0 N–H and O–H groups in total. The Kier molecular flexibility index (Phi) is 7.18. The molecule has 1 unspecified atom stereocenters. The Morgan fingerprint density at radius 3 is 2.50 bits per heavy atom. The van der Waals surface area contributed by atoms with Gasteiger partial charge in [0.1, 0.15) is 12.5 Å². The van der Waals surface area contributed by atoms with E-state index in [1.807, 2.05) is 35.0 Å². The summed E-state index contributed by atoms with van der Waals surface area (Å²) in [6, 6.07) is 10.0. The molecule has 2 rings (SSSR count). The second kappa shape index (κ2) is 8.63. The molecule has 0 saturated heterocycles. The van der Waals surface area contributed by atoms with Crippen LogP contribution in [0.25, 0.3) is 0 Å². The van der Waals surface area contributed by atoms with E-state index in [0.717, 1.165) is 31.6 Å². The summed E-state index contributed by atoms with van der Waals surface area (Å²) in [4.78, 5) is 17.9. The number of anilines is 1. The fourth-order valence-electron chi connectivity index (χ4n) is 2.54. The standard InChI is InChI=1S/C16H24N4O.ClH/c1-4-6-12-18-14(3)20(13-17-16(18)21)19(5-2)15-10-8-7-9-11-15;/h7-11,13-14H,4-6,12H2,1-3H3;1H. The molecule has 0 saturated carbocycles. The number of rotatable bonds is 6. The van der Waals surface area contributed by atoms with Gasteiger partial charge in [-0.2, -0.15) is 4.99 Å². The van der Waals surface area contributed by atoms with Crippen molar-refractivity contribution in [2.24, 2.45) is 4.99 Å². The maximum atomic E-state index is 12.0. The third-order valence-electron chi connectivity index (χ3n) is 3.75. The molecule has 2 amide bonds. The molecule has 1 aromatic carbocycles. The normalized spacial score (nSPS) is 17.4. The van der Waals surface area contributed by atoms with Crippen LogP contribution in [0.15, 0.2) is 35.3 Å². The molecule has 1 aromatic rings. The maximum Gasteiger partial charge on any atom is 0.346 e. The molecule has 5 nitrogen and oxygen atoms in total. The SMILES string of the molecule is CCCCN1C(=O)N=CN(N(CC)c2ccccc2)C1C.Cl. The Bertz CT molecular complexity index is 494. The summed E-state index contributed by atoms with van der Waals surface area (Å²) in [5.74, 6) is 0. The number of nitrogens with zero attached hydrogens (tertiary/aromatic N) is 4. The number of benzene rings is 1. The van der Waals surface area contributed by atoms with Gasteiger partial charge in [-0.3, -0.25) is 10.0 Å². The van der Waals surface area contributed by atoms with Gasteiger partial charge in [0.2, 0.25) is 0 Å². The number of carbonyl (C=O) groups is 1. The number of urea groups is 1. The van der Waals surface area contributed by atoms with Crippen LogP contribution in [0.3, 0.4) is 0 Å². The summed E-state index contributed by atoms with van der Waals surface area (Å²) in [7, 11) is 0. The van der Waals surface area contributed by atoms with Crippen molar-refractivity contribution in [3.8, 4) is 0 Å². The molecule has 0 spiro atoms. The van der Waals surface area contributed by atoms with Crippen molar-refractivity contribution >= 4 is 30.5 Å². The smallest absolute Gasteiger partial charge is 0.301 e. The second-order valence-electron chi connectivity index (χ2n) is 5.14. The quantitative estimate of drug-likeness (QED) is 0.799. The molecule has 22 heavy (non-hydrogen) atoms. The van der Waals surface area contributed by atoms with Crippen LogP contribution in [0.2, 0.25) is 0 Å². The van der Waals surface area contributed by atoms with E-state index in [2.05, 4.69) is 36.0 Å². The highest BCUT2D eigenvalue weighted by atomic mass is 35.5.